The van der Waals surface area contributed by atoms with E-state index < -0.39 is 10.0 Å². The fraction of sp³-hybridized carbons (Fsp3) is 0.360. The average molecular weight is 470 g/mol. The number of nitrogens with one attached hydrogen (secondary N) is 1. The van der Waals surface area contributed by atoms with Gasteiger partial charge >= 0.3 is 0 Å². The van der Waals surface area contributed by atoms with Gasteiger partial charge in [0.05, 0.1) is 17.7 Å². The number of fused-ring (bicyclic) bond motifs is 1. The quantitative estimate of drug-likeness (QED) is 0.487. The molecule has 0 saturated heterocycles. The molecule has 176 valence electrons. The number of nitrogens with zero attached hydrogens (tertiary/aromatic N) is 2. The zero-order valence-corrected chi connectivity index (χ0v) is 20.6. The van der Waals surface area contributed by atoms with Crippen molar-refractivity contribution >= 4 is 32.5 Å². The molecule has 0 radical (unpaired) electrons. The minimum atomic E-state index is -3.78. The van der Waals surface area contributed by atoms with Crippen LogP contribution in [0.15, 0.2) is 47.4 Å². The molecule has 0 atom stereocenters. The molecule has 1 amide bonds. The fourth-order valence-electron chi connectivity index (χ4n) is 3.95. The van der Waals surface area contributed by atoms with Gasteiger partial charge in [0.25, 0.3) is 5.91 Å². The van der Waals surface area contributed by atoms with Crippen LogP contribution in [0.2, 0.25) is 0 Å². The Hall–Kier alpha value is -2.97. The van der Waals surface area contributed by atoms with Crippen LogP contribution in [0, 0.1) is 6.92 Å². The summed E-state index contributed by atoms with van der Waals surface area (Å²) in [6, 6.07) is 12.2. The first-order valence-corrected chi connectivity index (χ1v) is 12.7. The third kappa shape index (κ3) is 4.86. The van der Waals surface area contributed by atoms with Crippen molar-refractivity contribution in [3.8, 4) is 5.75 Å². The van der Waals surface area contributed by atoms with E-state index in [2.05, 4.69) is 10.3 Å². The van der Waals surface area contributed by atoms with Gasteiger partial charge in [0.2, 0.25) is 10.0 Å². The van der Waals surface area contributed by atoms with Crippen molar-refractivity contribution in [2.24, 2.45) is 0 Å². The van der Waals surface area contributed by atoms with E-state index in [1.54, 1.807) is 32.9 Å². The summed E-state index contributed by atoms with van der Waals surface area (Å²) < 4.78 is 33.4. The average Bonchev–Trinajstić information content (AvgIpc) is 2.80. The molecule has 0 saturated carbocycles. The molecule has 3 aromatic rings. The molecule has 1 heterocycles. The highest BCUT2D eigenvalue weighted by Crippen LogP contribution is 2.31. The number of anilines is 1. The zero-order valence-electron chi connectivity index (χ0n) is 19.8. The molecule has 0 bridgehead atoms. The number of pyridine rings is 1. The predicted octanol–water partition coefficient (Wildman–Crippen LogP) is 4.79. The topological polar surface area (TPSA) is 88.6 Å². The van der Waals surface area contributed by atoms with Crippen molar-refractivity contribution in [3.05, 3.63) is 59.3 Å². The van der Waals surface area contributed by atoms with Gasteiger partial charge in [0, 0.05) is 29.9 Å². The molecule has 33 heavy (non-hydrogen) atoms. The SMILES string of the molecule is CCOc1ccc(NC(=O)c2c(C)c(CC)nc3ccccc23)cc1S(=O)(=O)N(CC)CC. The second-order valence-corrected chi connectivity index (χ2v) is 9.47. The van der Waals surface area contributed by atoms with E-state index in [0.29, 0.717) is 37.4 Å². The van der Waals surface area contributed by atoms with E-state index in [1.165, 1.54) is 10.4 Å². The lowest BCUT2D eigenvalue weighted by Gasteiger charge is -2.21. The molecule has 0 spiro atoms. The first-order chi connectivity index (χ1) is 15.8. The highest BCUT2D eigenvalue weighted by Gasteiger charge is 2.27. The fourth-order valence-corrected chi connectivity index (χ4v) is 5.57. The zero-order chi connectivity index (χ0) is 24.2. The summed E-state index contributed by atoms with van der Waals surface area (Å²) in [6.45, 7) is 10.3. The van der Waals surface area contributed by atoms with Crippen molar-refractivity contribution < 1.29 is 17.9 Å². The summed E-state index contributed by atoms with van der Waals surface area (Å²) in [6.07, 6.45) is 0.701. The number of carbonyl (C=O) groups excluding carboxylic acids is 1. The minimum absolute atomic E-state index is 0.0383. The number of rotatable bonds is 9. The minimum Gasteiger partial charge on any atom is -0.492 e. The lowest BCUT2D eigenvalue weighted by atomic mass is 9.99. The normalized spacial score (nSPS) is 11.7. The molecule has 0 aliphatic rings. The van der Waals surface area contributed by atoms with E-state index in [1.807, 2.05) is 38.1 Å². The molecule has 0 aliphatic heterocycles. The number of ether oxygens (including phenoxy) is 1. The summed E-state index contributed by atoms with van der Waals surface area (Å²) in [4.78, 5) is 18.1. The first-order valence-electron chi connectivity index (χ1n) is 11.2. The van der Waals surface area contributed by atoms with Crippen LogP contribution in [0.1, 0.15) is 49.3 Å². The van der Waals surface area contributed by atoms with Gasteiger partial charge in [-0.1, -0.05) is 39.0 Å². The number of para-hydroxylation sites is 1. The van der Waals surface area contributed by atoms with Crippen molar-refractivity contribution in [2.75, 3.05) is 25.0 Å². The Balaban J connectivity index is 2.08. The Labute approximate surface area is 195 Å². The highest BCUT2D eigenvalue weighted by atomic mass is 32.2. The van der Waals surface area contributed by atoms with Gasteiger partial charge < -0.3 is 10.1 Å². The number of sulfonamides is 1. The van der Waals surface area contributed by atoms with Crippen LogP contribution in [0.3, 0.4) is 0 Å². The van der Waals surface area contributed by atoms with E-state index in [0.717, 1.165) is 22.2 Å². The molecule has 8 heteroatoms. The van der Waals surface area contributed by atoms with Crippen molar-refractivity contribution in [1.82, 2.24) is 9.29 Å². The molecule has 0 aliphatic carbocycles. The van der Waals surface area contributed by atoms with Crippen molar-refractivity contribution in [1.29, 1.82) is 0 Å². The summed E-state index contributed by atoms with van der Waals surface area (Å²) >= 11 is 0. The summed E-state index contributed by atoms with van der Waals surface area (Å²) in [5, 5.41) is 3.65. The van der Waals surface area contributed by atoms with Crippen molar-refractivity contribution in [3.63, 3.8) is 0 Å². The van der Waals surface area contributed by atoms with E-state index in [-0.39, 0.29) is 16.6 Å². The van der Waals surface area contributed by atoms with Crippen LogP contribution < -0.4 is 10.1 Å². The maximum Gasteiger partial charge on any atom is 0.256 e. The van der Waals surface area contributed by atoms with Crippen LogP contribution >= 0.6 is 0 Å². The molecule has 0 unspecified atom stereocenters. The number of carbonyl (C=O) groups is 1. The first kappa shape index (κ1) is 24.7. The number of aryl methyl sites for hydroxylation is 1. The summed E-state index contributed by atoms with van der Waals surface area (Å²) in [5.74, 6) is -0.0441. The molecule has 0 fully saturated rings. The summed E-state index contributed by atoms with van der Waals surface area (Å²) in [7, 11) is -3.78. The van der Waals surface area contributed by atoms with Crippen LogP contribution in [0.4, 0.5) is 5.69 Å². The standard InChI is InChI=1S/C25H31N3O4S/c1-6-20-17(5)24(19-12-10-11-13-21(19)27-20)25(29)26-18-14-15-22(32-9-4)23(16-18)33(30,31)28(7-2)8-3/h10-16H,6-9H2,1-5H3,(H,26,29). The number of benzene rings is 2. The van der Waals surface area contributed by atoms with Gasteiger partial charge in [-0.2, -0.15) is 4.31 Å². The number of amides is 1. The van der Waals surface area contributed by atoms with Crippen LogP contribution in [-0.2, 0) is 16.4 Å². The lowest BCUT2D eigenvalue weighted by molar-refractivity contribution is 0.102. The van der Waals surface area contributed by atoms with Gasteiger partial charge in [0.15, 0.2) is 0 Å². The second-order valence-electron chi connectivity index (χ2n) is 7.57. The molecular formula is C25H31N3O4S. The number of hydrogen-bond acceptors (Lipinski definition) is 5. The van der Waals surface area contributed by atoms with Crippen molar-refractivity contribution in [2.45, 2.75) is 45.9 Å². The number of aromatic nitrogens is 1. The van der Waals surface area contributed by atoms with Crippen LogP contribution in [0.25, 0.3) is 10.9 Å². The Morgan fingerprint density at radius 2 is 1.76 bits per heavy atom. The molecular weight excluding hydrogens is 438 g/mol. The van der Waals surface area contributed by atoms with Gasteiger partial charge in [-0.3, -0.25) is 9.78 Å². The Morgan fingerprint density at radius 3 is 2.39 bits per heavy atom. The maximum absolute atomic E-state index is 13.4. The molecule has 7 nitrogen and oxygen atoms in total. The molecule has 1 aromatic heterocycles. The van der Waals surface area contributed by atoms with E-state index >= 15 is 0 Å². The van der Waals surface area contributed by atoms with Gasteiger partial charge in [-0.05, 0) is 50.1 Å². The molecule has 3 rings (SSSR count). The lowest BCUT2D eigenvalue weighted by Crippen LogP contribution is -2.31. The van der Waals surface area contributed by atoms with E-state index in [9.17, 15) is 13.2 Å². The highest BCUT2D eigenvalue weighted by molar-refractivity contribution is 7.89. The molecule has 1 N–H and O–H groups in total. The Morgan fingerprint density at radius 1 is 1.06 bits per heavy atom. The number of hydrogen-bond donors (Lipinski definition) is 1. The monoisotopic (exact) mass is 469 g/mol. The van der Waals surface area contributed by atoms with Gasteiger partial charge in [-0.15, -0.1) is 0 Å². The Kier molecular flexibility index (Phi) is 7.71. The summed E-state index contributed by atoms with van der Waals surface area (Å²) in [5.41, 5.74) is 3.35. The maximum atomic E-state index is 13.4. The third-order valence-corrected chi connectivity index (χ3v) is 7.69. The second kappa shape index (κ2) is 10.3. The van der Waals surface area contributed by atoms with Gasteiger partial charge in [-0.25, -0.2) is 8.42 Å². The van der Waals surface area contributed by atoms with E-state index in [4.69, 9.17) is 4.74 Å². The third-order valence-electron chi connectivity index (χ3n) is 5.62. The molecule has 2 aromatic carbocycles. The smallest absolute Gasteiger partial charge is 0.256 e. The Bertz CT molecular complexity index is 1270. The van der Waals surface area contributed by atoms with Crippen LogP contribution in [0.5, 0.6) is 5.75 Å². The predicted molar refractivity (Wildman–Crippen MR) is 132 cm³/mol. The van der Waals surface area contributed by atoms with Gasteiger partial charge in [0.1, 0.15) is 10.6 Å². The van der Waals surface area contributed by atoms with Crippen LogP contribution in [-0.4, -0.2) is 43.3 Å². The largest absolute Gasteiger partial charge is 0.492 e.